The van der Waals surface area contributed by atoms with Gasteiger partial charge in [0.1, 0.15) is 0 Å². The third-order valence-electron chi connectivity index (χ3n) is 3.26. The molecular weight excluding hydrogens is 250 g/mol. The van der Waals surface area contributed by atoms with E-state index in [2.05, 4.69) is 18.9 Å². The molecule has 1 aromatic rings. The van der Waals surface area contributed by atoms with Crippen molar-refractivity contribution in [1.29, 1.82) is 0 Å². The number of rotatable bonds is 1. The molecule has 4 nitrogen and oxygen atoms in total. The quantitative estimate of drug-likeness (QED) is 0.788. The molecule has 2 N–H and O–H groups in total. The zero-order valence-electron chi connectivity index (χ0n) is 10.7. The molecule has 1 aliphatic heterocycles. The van der Waals surface area contributed by atoms with Gasteiger partial charge >= 0.3 is 0 Å². The maximum Gasteiger partial charge on any atom is 0.254 e. The lowest BCUT2D eigenvalue weighted by Crippen LogP contribution is -2.52. The molecule has 0 radical (unpaired) electrons. The Bertz CT molecular complexity index is 443. The number of hydrogen-bond acceptors (Lipinski definition) is 3. The van der Waals surface area contributed by atoms with Crippen molar-refractivity contribution in [2.24, 2.45) is 0 Å². The number of halogens is 1. The number of carbonyl (C=O) groups is 1. The van der Waals surface area contributed by atoms with Crippen molar-refractivity contribution >= 4 is 23.2 Å². The van der Waals surface area contributed by atoms with Gasteiger partial charge in [0.2, 0.25) is 0 Å². The number of carbonyl (C=O) groups excluding carboxylic acids is 1. The molecule has 0 saturated carbocycles. The van der Waals surface area contributed by atoms with Crippen LogP contribution >= 0.6 is 11.6 Å². The minimum atomic E-state index is 0.00444. The zero-order chi connectivity index (χ0) is 13.3. The molecule has 0 aliphatic carbocycles. The highest BCUT2D eigenvalue weighted by atomic mass is 35.5. The summed E-state index contributed by atoms with van der Waals surface area (Å²) in [6.45, 7) is 4.58. The molecule has 1 unspecified atom stereocenters. The maximum atomic E-state index is 12.4. The molecule has 1 aromatic carbocycles. The minimum absolute atomic E-state index is 0.00444. The molecule has 18 heavy (non-hydrogen) atoms. The van der Waals surface area contributed by atoms with Gasteiger partial charge in [-0.15, -0.1) is 0 Å². The summed E-state index contributed by atoms with van der Waals surface area (Å²) < 4.78 is 0. The first kappa shape index (κ1) is 13.2. The second-order valence-corrected chi connectivity index (χ2v) is 5.32. The van der Waals surface area contributed by atoms with Gasteiger partial charge in [-0.2, -0.15) is 0 Å². The number of nitrogens with two attached hydrogens (primary N) is 1. The number of piperazine rings is 1. The highest BCUT2D eigenvalue weighted by Crippen LogP contribution is 2.20. The summed E-state index contributed by atoms with van der Waals surface area (Å²) in [6.07, 6.45) is 0. The second kappa shape index (κ2) is 5.16. The maximum absolute atomic E-state index is 12.4. The summed E-state index contributed by atoms with van der Waals surface area (Å²) in [5.41, 5.74) is 6.81. The molecule has 1 heterocycles. The van der Waals surface area contributed by atoms with Crippen molar-refractivity contribution in [1.82, 2.24) is 9.80 Å². The summed E-state index contributed by atoms with van der Waals surface area (Å²) >= 11 is 5.93. The fraction of sp³-hybridized carbons (Fsp3) is 0.462. The Morgan fingerprint density at radius 3 is 2.72 bits per heavy atom. The standard InChI is InChI=1S/C13H18ClN3O/c1-9-8-16(2)3-4-17(9)13(18)10-5-11(14)7-12(15)6-10/h5-7,9H,3-4,8,15H2,1-2H3. The topological polar surface area (TPSA) is 49.6 Å². The van der Waals surface area contributed by atoms with E-state index in [-0.39, 0.29) is 11.9 Å². The first-order valence-electron chi connectivity index (χ1n) is 6.03. The largest absolute Gasteiger partial charge is 0.399 e. The van der Waals surface area contributed by atoms with Crippen molar-refractivity contribution in [3.63, 3.8) is 0 Å². The van der Waals surface area contributed by atoms with Gasteiger partial charge in [-0.3, -0.25) is 4.79 Å². The van der Waals surface area contributed by atoms with Gasteiger partial charge in [0.15, 0.2) is 0 Å². The molecule has 1 atom stereocenters. The Balaban J connectivity index is 2.20. The van der Waals surface area contributed by atoms with Crippen LogP contribution in [0.2, 0.25) is 5.02 Å². The Labute approximate surface area is 112 Å². The van der Waals surface area contributed by atoms with Gasteiger partial charge < -0.3 is 15.5 Å². The fourth-order valence-electron chi connectivity index (χ4n) is 2.34. The highest BCUT2D eigenvalue weighted by molar-refractivity contribution is 6.31. The summed E-state index contributed by atoms with van der Waals surface area (Å²) in [4.78, 5) is 16.5. The van der Waals surface area contributed by atoms with E-state index in [1.807, 2.05) is 4.90 Å². The molecule has 2 rings (SSSR count). The van der Waals surface area contributed by atoms with Crippen LogP contribution < -0.4 is 5.73 Å². The van der Waals surface area contributed by atoms with Crippen LogP contribution in [0.25, 0.3) is 0 Å². The molecule has 0 aromatic heterocycles. The number of nitrogens with zero attached hydrogens (tertiary/aromatic N) is 2. The highest BCUT2D eigenvalue weighted by Gasteiger charge is 2.26. The van der Waals surface area contributed by atoms with Crippen molar-refractivity contribution < 1.29 is 4.79 Å². The van der Waals surface area contributed by atoms with Crippen LogP contribution in [-0.4, -0.2) is 48.4 Å². The van der Waals surface area contributed by atoms with Crippen LogP contribution in [-0.2, 0) is 0 Å². The Morgan fingerprint density at radius 1 is 1.39 bits per heavy atom. The molecular formula is C13H18ClN3O. The zero-order valence-corrected chi connectivity index (χ0v) is 11.4. The van der Waals surface area contributed by atoms with E-state index in [1.54, 1.807) is 18.2 Å². The first-order valence-corrected chi connectivity index (χ1v) is 6.41. The molecule has 98 valence electrons. The minimum Gasteiger partial charge on any atom is -0.399 e. The van der Waals surface area contributed by atoms with Crippen LogP contribution in [0.4, 0.5) is 5.69 Å². The van der Waals surface area contributed by atoms with Crippen molar-refractivity contribution in [2.45, 2.75) is 13.0 Å². The predicted octanol–water partition coefficient (Wildman–Crippen LogP) is 1.70. The molecule has 0 bridgehead atoms. The summed E-state index contributed by atoms with van der Waals surface area (Å²) in [6, 6.07) is 5.20. The van der Waals surface area contributed by atoms with Crippen LogP contribution in [0.5, 0.6) is 0 Å². The van der Waals surface area contributed by atoms with E-state index in [1.165, 1.54) is 0 Å². The van der Waals surface area contributed by atoms with Crippen LogP contribution in [0.15, 0.2) is 18.2 Å². The van der Waals surface area contributed by atoms with Gasteiger partial charge in [-0.1, -0.05) is 11.6 Å². The van der Waals surface area contributed by atoms with Crippen LogP contribution in [0, 0.1) is 0 Å². The van der Waals surface area contributed by atoms with Gasteiger partial charge in [-0.25, -0.2) is 0 Å². The number of benzene rings is 1. The van der Waals surface area contributed by atoms with Gasteiger partial charge in [0, 0.05) is 41.9 Å². The lowest BCUT2D eigenvalue weighted by Gasteiger charge is -2.38. The normalized spacial score (nSPS) is 21.1. The average Bonchev–Trinajstić information content (AvgIpc) is 2.26. The monoisotopic (exact) mass is 267 g/mol. The van der Waals surface area contributed by atoms with Gasteiger partial charge in [0.25, 0.3) is 5.91 Å². The number of nitrogen functional groups attached to an aromatic ring is 1. The molecule has 5 heteroatoms. The van der Waals surface area contributed by atoms with E-state index in [0.29, 0.717) is 16.3 Å². The summed E-state index contributed by atoms with van der Waals surface area (Å²) in [5.74, 6) is 0.00444. The lowest BCUT2D eigenvalue weighted by molar-refractivity contribution is 0.0533. The molecule has 0 spiro atoms. The predicted molar refractivity (Wildman–Crippen MR) is 73.9 cm³/mol. The van der Waals surface area contributed by atoms with E-state index < -0.39 is 0 Å². The lowest BCUT2D eigenvalue weighted by atomic mass is 10.1. The molecule has 1 aliphatic rings. The summed E-state index contributed by atoms with van der Waals surface area (Å²) in [7, 11) is 2.07. The van der Waals surface area contributed by atoms with Gasteiger partial charge in [0.05, 0.1) is 0 Å². The molecule has 1 saturated heterocycles. The Morgan fingerprint density at radius 2 is 2.11 bits per heavy atom. The Hall–Kier alpha value is -1.26. The third-order valence-corrected chi connectivity index (χ3v) is 3.48. The summed E-state index contributed by atoms with van der Waals surface area (Å²) in [5, 5.41) is 0.500. The van der Waals surface area contributed by atoms with E-state index in [4.69, 9.17) is 17.3 Å². The fourth-order valence-corrected chi connectivity index (χ4v) is 2.59. The van der Waals surface area contributed by atoms with Crippen molar-refractivity contribution in [3.8, 4) is 0 Å². The first-order chi connectivity index (χ1) is 8.47. The number of amides is 1. The Kier molecular flexibility index (Phi) is 3.78. The van der Waals surface area contributed by atoms with Gasteiger partial charge in [-0.05, 0) is 32.2 Å². The molecule has 1 amide bonds. The smallest absolute Gasteiger partial charge is 0.254 e. The van der Waals surface area contributed by atoms with E-state index in [9.17, 15) is 4.79 Å². The van der Waals surface area contributed by atoms with E-state index in [0.717, 1.165) is 19.6 Å². The number of likely N-dealkylation sites (N-methyl/N-ethyl adjacent to an activating group) is 1. The van der Waals surface area contributed by atoms with Crippen LogP contribution in [0.3, 0.4) is 0 Å². The molecule has 1 fully saturated rings. The van der Waals surface area contributed by atoms with Crippen molar-refractivity contribution in [3.05, 3.63) is 28.8 Å². The SMILES string of the molecule is CC1CN(C)CCN1C(=O)c1cc(N)cc(Cl)c1. The van der Waals surface area contributed by atoms with Crippen molar-refractivity contribution in [2.75, 3.05) is 32.4 Å². The van der Waals surface area contributed by atoms with E-state index >= 15 is 0 Å². The number of anilines is 1. The van der Waals surface area contributed by atoms with Crippen LogP contribution in [0.1, 0.15) is 17.3 Å². The third kappa shape index (κ3) is 2.76. The number of hydrogen-bond donors (Lipinski definition) is 1. The average molecular weight is 268 g/mol. The second-order valence-electron chi connectivity index (χ2n) is 4.88.